The van der Waals surface area contributed by atoms with Crippen LogP contribution >= 0.6 is 0 Å². The van der Waals surface area contributed by atoms with Crippen molar-refractivity contribution in [3.8, 4) is 0 Å². The highest BCUT2D eigenvalue weighted by Crippen LogP contribution is 2.37. The highest BCUT2D eigenvalue weighted by Gasteiger charge is 2.27. The topological polar surface area (TPSA) is 37.8 Å². The number of rotatable bonds is 2. The van der Waals surface area contributed by atoms with Gasteiger partial charge in [0, 0.05) is 36.7 Å². The molecule has 0 bridgehead atoms. The molecule has 1 aliphatic carbocycles. The van der Waals surface area contributed by atoms with Crippen LogP contribution in [-0.4, -0.2) is 16.5 Å². The SMILES string of the molecule is CCc1nc(C2CCC(C)C2)nc2c1CNCC2. The van der Waals surface area contributed by atoms with Gasteiger partial charge in [0.25, 0.3) is 0 Å². The number of nitrogens with one attached hydrogen (secondary N) is 1. The monoisotopic (exact) mass is 245 g/mol. The molecule has 2 heterocycles. The van der Waals surface area contributed by atoms with Crippen LogP contribution in [0.25, 0.3) is 0 Å². The lowest BCUT2D eigenvalue weighted by molar-refractivity contribution is 0.567. The third-order valence-electron chi connectivity index (χ3n) is 4.43. The Bertz CT molecular complexity index is 424. The Morgan fingerprint density at radius 2 is 2.17 bits per heavy atom. The summed E-state index contributed by atoms with van der Waals surface area (Å²) in [5, 5.41) is 3.43. The van der Waals surface area contributed by atoms with Gasteiger partial charge in [-0.15, -0.1) is 0 Å². The first kappa shape index (κ1) is 12.1. The van der Waals surface area contributed by atoms with E-state index in [0.717, 1.165) is 37.7 Å². The molecule has 0 spiro atoms. The quantitative estimate of drug-likeness (QED) is 0.870. The molecule has 1 N–H and O–H groups in total. The molecule has 18 heavy (non-hydrogen) atoms. The van der Waals surface area contributed by atoms with Gasteiger partial charge in [0.1, 0.15) is 5.82 Å². The maximum atomic E-state index is 4.89. The summed E-state index contributed by atoms with van der Waals surface area (Å²) < 4.78 is 0. The van der Waals surface area contributed by atoms with E-state index < -0.39 is 0 Å². The summed E-state index contributed by atoms with van der Waals surface area (Å²) in [6.45, 7) is 6.58. The van der Waals surface area contributed by atoms with Gasteiger partial charge in [-0.3, -0.25) is 0 Å². The summed E-state index contributed by atoms with van der Waals surface area (Å²) in [5.41, 5.74) is 3.97. The molecule has 2 aliphatic rings. The predicted octanol–water partition coefficient (Wildman–Crippen LogP) is 2.59. The van der Waals surface area contributed by atoms with Crippen LogP contribution in [0.2, 0.25) is 0 Å². The van der Waals surface area contributed by atoms with Gasteiger partial charge in [0.05, 0.1) is 5.69 Å². The minimum atomic E-state index is 0.616. The average Bonchev–Trinajstić information content (AvgIpc) is 2.84. The minimum absolute atomic E-state index is 0.616. The van der Waals surface area contributed by atoms with E-state index in [9.17, 15) is 0 Å². The van der Waals surface area contributed by atoms with Gasteiger partial charge in [-0.1, -0.05) is 13.8 Å². The minimum Gasteiger partial charge on any atom is -0.312 e. The number of fused-ring (bicyclic) bond motifs is 1. The molecule has 2 atom stereocenters. The molecule has 1 saturated carbocycles. The summed E-state index contributed by atoms with van der Waals surface area (Å²) in [7, 11) is 0. The molecule has 0 aromatic carbocycles. The Hall–Kier alpha value is -0.960. The van der Waals surface area contributed by atoms with Crippen LogP contribution in [0, 0.1) is 5.92 Å². The lowest BCUT2D eigenvalue weighted by atomic mass is 10.0. The number of hydrogen-bond donors (Lipinski definition) is 1. The second-order valence-corrected chi connectivity index (χ2v) is 5.85. The summed E-state index contributed by atoms with van der Waals surface area (Å²) in [6.07, 6.45) is 6.00. The molecular weight excluding hydrogens is 222 g/mol. The van der Waals surface area contributed by atoms with Crippen LogP contribution < -0.4 is 5.32 Å². The van der Waals surface area contributed by atoms with E-state index >= 15 is 0 Å². The maximum Gasteiger partial charge on any atom is 0.131 e. The van der Waals surface area contributed by atoms with Crippen LogP contribution in [0.5, 0.6) is 0 Å². The van der Waals surface area contributed by atoms with Crippen molar-refractivity contribution in [2.45, 2.75) is 58.4 Å². The zero-order valence-corrected chi connectivity index (χ0v) is 11.5. The van der Waals surface area contributed by atoms with Gasteiger partial charge in [-0.25, -0.2) is 9.97 Å². The second kappa shape index (κ2) is 4.96. The number of aromatic nitrogens is 2. The van der Waals surface area contributed by atoms with Crippen molar-refractivity contribution >= 4 is 0 Å². The predicted molar refractivity (Wildman–Crippen MR) is 72.6 cm³/mol. The Labute approximate surface area is 109 Å². The first-order valence-electron chi connectivity index (χ1n) is 7.37. The third-order valence-corrected chi connectivity index (χ3v) is 4.43. The zero-order chi connectivity index (χ0) is 12.5. The number of hydrogen-bond acceptors (Lipinski definition) is 3. The van der Waals surface area contributed by atoms with Gasteiger partial charge in [0.2, 0.25) is 0 Å². The molecule has 0 amide bonds. The average molecular weight is 245 g/mol. The zero-order valence-electron chi connectivity index (χ0n) is 11.5. The van der Waals surface area contributed by atoms with E-state index in [0.29, 0.717) is 5.92 Å². The summed E-state index contributed by atoms with van der Waals surface area (Å²) >= 11 is 0. The molecule has 1 aromatic heterocycles. The molecule has 0 saturated heterocycles. The first-order chi connectivity index (χ1) is 8.78. The van der Waals surface area contributed by atoms with E-state index in [1.807, 2.05) is 0 Å². The molecule has 0 radical (unpaired) electrons. The maximum absolute atomic E-state index is 4.89. The second-order valence-electron chi connectivity index (χ2n) is 5.85. The largest absolute Gasteiger partial charge is 0.312 e. The van der Waals surface area contributed by atoms with Crippen LogP contribution in [0.15, 0.2) is 0 Å². The van der Waals surface area contributed by atoms with Crippen molar-refractivity contribution in [1.82, 2.24) is 15.3 Å². The molecule has 3 rings (SSSR count). The van der Waals surface area contributed by atoms with E-state index in [-0.39, 0.29) is 0 Å². The molecule has 98 valence electrons. The molecule has 1 fully saturated rings. The van der Waals surface area contributed by atoms with Gasteiger partial charge in [0.15, 0.2) is 0 Å². The van der Waals surface area contributed by atoms with Crippen LogP contribution in [0.4, 0.5) is 0 Å². The lowest BCUT2D eigenvalue weighted by Crippen LogP contribution is -2.27. The third kappa shape index (κ3) is 2.16. The molecular formula is C15H23N3. The molecule has 3 heteroatoms. The van der Waals surface area contributed by atoms with Gasteiger partial charge >= 0.3 is 0 Å². The fraction of sp³-hybridized carbons (Fsp3) is 0.733. The molecule has 1 aromatic rings. The molecule has 2 unspecified atom stereocenters. The van der Waals surface area contributed by atoms with Crippen molar-refractivity contribution in [3.05, 3.63) is 22.8 Å². The van der Waals surface area contributed by atoms with Crippen molar-refractivity contribution in [2.75, 3.05) is 6.54 Å². The first-order valence-corrected chi connectivity index (χ1v) is 7.37. The smallest absolute Gasteiger partial charge is 0.131 e. The lowest BCUT2D eigenvalue weighted by Gasteiger charge is -2.21. The van der Waals surface area contributed by atoms with Crippen molar-refractivity contribution < 1.29 is 0 Å². The van der Waals surface area contributed by atoms with Gasteiger partial charge < -0.3 is 5.32 Å². The highest BCUT2D eigenvalue weighted by molar-refractivity contribution is 5.29. The van der Waals surface area contributed by atoms with Gasteiger partial charge in [-0.05, 0) is 31.6 Å². The summed E-state index contributed by atoms with van der Waals surface area (Å²) in [4.78, 5) is 9.76. The highest BCUT2D eigenvalue weighted by atomic mass is 15.0. The molecule has 3 nitrogen and oxygen atoms in total. The fourth-order valence-corrected chi connectivity index (χ4v) is 3.35. The van der Waals surface area contributed by atoms with Crippen LogP contribution in [0.3, 0.4) is 0 Å². The molecule has 1 aliphatic heterocycles. The Morgan fingerprint density at radius 1 is 1.28 bits per heavy atom. The van der Waals surface area contributed by atoms with Crippen LogP contribution in [0.1, 0.15) is 61.8 Å². The van der Waals surface area contributed by atoms with E-state index in [1.165, 1.54) is 36.2 Å². The Morgan fingerprint density at radius 3 is 2.89 bits per heavy atom. The van der Waals surface area contributed by atoms with E-state index in [2.05, 4.69) is 19.2 Å². The normalized spacial score (nSPS) is 27.2. The van der Waals surface area contributed by atoms with E-state index in [4.69, 9.17) is 9.97 Å². The van der Waals surface area contributed by atoms with Crippen molar-refractivity contribution in [1.29, 1.82) is 0 Å². The van der Waals surface area contributed by atoms with E-state index in [1.54, 1.807) is 0 Å². The van der Waals surface area contributed by atoms with Crippen LogP contribution in [-0.2, 0) is 19.4 Å². The number of nitrogens with zero attached hydrogens (tertiary/aromatic N) is 2. The summed E-state index contributed by atoms with van der Waals surface area (Å²) in [6, 6.07) is 0. The van der Waals surface area contributed by atoms with Gasteiger partial charge in [-0.2, -0.15) is 0 Å². The summed E-state index contributed by atoms with van der Waals surface area (Å²) in [5.74, 6) is 2.60. The fourth-order valence-electron chi connectivity index (χ4n) is 3.35. The Balaban J connectivity index is 1.95. The van der Waals surface area contributed by atoms with Crippen molar-refractivity contribution in [3.63, 3.8) is 0 Å². The standard InChI is InChI=1S/C15H23N3/c1-3-13-12-9-16-7-6-14(12)18-15(17-13)11-5-4-10(2)8-11/h10-11,16H,3-9H2,1-2H3. The number of aryl methyl sites for hydroxylation is 1. The Kier molecular flexibility index (Phi) is 3.33. The van der Waals surface area contributed by atoms with Crippen molar-refractivity contribution in [2.24, 2.45) is 5.92 Å².